The van der Waals surface area contributed by atoms with Crippen LogP contribution in [-0.4, -0.2) is 28.4 Å². The second kappa shape index (κ2) is 6.16. The van der Waals surface area contributed by atoms with Crippen LogP contribution in [0.1, 0.15) is 23.7 Å². The Morgan fingerprint density at radius 2 is 1.83 bits per heavy atom. The highest BCUT2D eigenvalue weighted by Gasteiger charge is 2.30. The molecule has 1 unspecified atom stereocenters. The fraction of sp³-hybridized carbons (Fsp3) is 0.167. The molecular weight excluding hydrogens is 312 g/mol. The molecule has 0 radical (unpaired) electrons. The van der Waals surface area contributed by atoms with Crippen LogP contribution in [0.25, 0.3) is 6.08 Å². The van der Waals surface area contributed by atoms with Gasteiger partial charge in [-0.2, -0.15) is 0 Å². The lowest BCUT2D eigenvalue weighted by atomic mass is 10.0. The van der Waals surface area contributed by atoms with E-state index in [-0.39, 0.29) is 17.2 Å². The van der Waals surface area contributed by atoms with Crippen molar-refractivity contribution < 1.29 is 29.6 Å². The largest absolute Gasteiger partial charge is 0.504 e. The molecule has 2 aromatic rings. The van der Waals surface area contributed by atoms with Gasteiger partial charge in [0.05, 0.1) is 7.11 Å². The van der Waals surface area contributed by atoms with E-state index in [0.29, 0.717) is 28.9 Å². The van der Waals surface area contributed by atoms with Crippen molar-refractivity contribution in [3.63, 3.8) is 0 Å². The Morgan fingerprint density at radius 3 is 2.54 bits per heavy atom. The summed E-state index contributed by atoms with van der Waals surface area (Å²) in [5.74, 6) is -0.597. The van der Waals surface area contributed by atoms with E-state index in [1.165, 1.54) is 25.3 Å². The third-order valence-corrected chi connectivity index (χ3v) is 3.83. The Morgan fingerprint density at radius 1 is 1.08 bits per heavy atom. The van der Waals surface area contributed by atoms with Crippen molar-refractivity contribution in [2.24, 2.45) is 0 Å². The van der Waals surface area contributed by atoms with Gasteiger partial charge in [-0.1, -0.05) is 12.1 Å². The molecule has 24 heavy (non-hydrogen) atoms. The quantitative estimate of drug-likeness (QED) is 0.455. The number of phenols is 3. The van der Waals surface area contributed by atoms with E-state index in [9.17, 15) is 20.1 Å². The van der Waals surface area contributed by atoms with Crippen molar-refractivity contribution in [3.8, 4) is 23.0 Å². The first-order valence-electron chi connectivity index (χ1n) is 7.28. The van der Waals surface area contributed by atoms with E-state index in [1.54, 1.807) is 24.3 Å². The molecule has 1 aliphatic rings. The number of esters is 1. The van der Waals surface area contributed by atoms with Crippen molar-refractivity contribution in [2.45, 2.75) is 12.5 Å². The molecule has 6 nitrogen and oxygen atoms in total. The Bertz CT molecular complexity index is 824. The highest BCUT2D eigenvalue weighted by molar-refractivity contribution is 5.95. The lowest BCUT2D eigenvalue weighted by Gasteiger charge is -2.09. The summed E-state index contributed by atoms with van der Waals surface area (Å²) in [5, 5.41) is 28.5. The summed E-state index contributed by atoms with van der Waals surface area (Å²) in [6, 6.07) is 9.10. The highest BCUT2D eigenvalue weighted by atomic mass is 16.5. The van der Waals surface area contributed by atoms with Crippen molar-refractivity contribution in [1.29, 1.82) is 0 Å². The molecule has 3 rings (SSSR count). The van der Waals surface area contributed by atoms with Crippen LogP contribution in [0.2, 0.25) is 0 Å². The number of carbonyl (C=O) groups excluding carboxylic acids is 1. The first-order chi connectivity index (χ1) is 11.5. The van der Waals surface area contributed by atoms with E-state index in [4.69, 9.17) is 9.47 Å². The number of hydrogen-bond donors (Lipinski definition) is 3. The van der Waals surface area contributed by atoms with Gasteiger partial charge < -0.3 is 24.8 Å². The van der Waals surface area contributed by atoms with Gasteiger partial charge in [-0.3, -0.25) is 0 Å². The van der Waals surface area contributed by atoms with Gasteiger partial charge in [0.15, 0.2) is 23.0 Å². The molecule has 6 heteroatoms. The second-order valence-corrected chi connectivity index (χ2v) is 5.45. The topological polar surface area (TPSA) is 96.2 Å². The molecule has 1 fully saturated rings. The number of cyclic esters (lactones) is 1. The van der Waals surface area contributed by atoms with E-state index in [1.807, 2.05) is 0 Å². The number of carbonyl (C=O) groups is 1. The molecule has 0 bridgehead atoms. The summed E-state index contributed by atoms with van der Waals surface area (Å²) in [4.78, 5) is 12.1. The molecule has 0 saturated carbocycles. The van der Waals surface area contributed by atoms with Crippen molar-refractivity contribution >= 4 is 12.0 Å². The number of benzene rings is 2. The zero-order chi connectivity index (χ0) is 17.3. The maximum absolute atomic E-state index is 12.1. The number of rotatable bonds is 3. The molecule has 3 N–H and O–H groups in total. The van der Waals surface area contributed by atoms with Crippen LogP contribution in [0.3, 0.4) is 0 Å². The lowest BCUT2D eigenvalue weighted by Crippen LogP contribution is -1.98. The summed E-state index contributed by atoms with van der Waals surface area (Å²) in [6.07, 6.45) is 1.49. The summed E-state index contributed by atoms with van der Waals surface area (Å²) < 4.78 is 10.4. The van der Waals surface area contributed by atoms with Gasteiger partial charge in [-0.05, 0) is 41.5 Å². The van der Waals surface area contributed by atoms with Gasteiger partial charge in [-0.25, -0.2) is 4.79 Å². The smallest absolute Gasteiger partial charge is 0.334 e. The van der Waals surface area contributed by atoms with Crippen molar-refractivity contribution in [3.05, 3.63) is 53.1 Å². The monoisotopic (exact) mass is 328 g/mol. The standard InChI is InChI=1S/C18H16O6/c1-23-17-7-10(2-4-14(17)20)6-12-9-16(24-18(12)22)11-3-5-13(19)15(21)8-11/h2-8,16,19-21H,9H2,1H3. The fourth-order valence-corrected chi connectivity index (χ4v) is 2.56. The molecule has 2 aromatic carbocycles. The Kier molecular flexibility index (Phi) is 4.04. The maximum atomic E-state index is 12.1. The maximum Gasteiger partial charge on any atom is 0.334 e. The molecule has 1 aliphatic heterocycles. The minimum Gasteiger partial charge on any atom is -0.504 e. The number of methoxy groups -OCH3 is 1. The highest BCUT2D eigenvalue weighted by Crippen LogP contribution is 2.37. The number of phenolic OH excluding ortho intramolecular Hbond substituents is 3. The summed E-state index contributed by atoms with van der Waals surface area (Å²) in [7, 11) is 1.45. The van der Waals surface area contributed by atoms with Crippen LogP contribution >= 0.6 is 0 Å². The predicted octanol–water partition coefficient (Wildman–Crippen LogP) is 2.88. The van der Waals surface area contributed by atoms with Gasteiger partial charge in [0, 0.05) is 12.0 Å². The van der Waals surface area contributed by atoms with Crippen LogP contribution in [0.4, 0.5) is 0 Å². The van der Waals surface area contributed by atoms with Crippen LogP contribution < -0.4 is 4.74 Å². The zero-order valence-electron chi connectivity index (χ0n) is 12.9. The van der Waals surface area contributed by atoms with Gasteiger partial charge in [0.25, 0.3) is 0 Å². The third-order valence-electron chi connectivity index (χ3n) is 3.83. The fourth-order valence-electron chi connectivity index (χ4n) is 2.56. The molecule has 1 heterocycles. The summed E-state index contributed by atoms with van der Waals surface area (Å²) in [5.41, 5.74) is 1.77. The molecule has 124 valence electrons. The number of hydrogen-bond acceptors (Lipinski definition) is 6. The van der Waals surface area contributed by atoms with E-state index in [2.05, 4.69) is 0 Å². The third kappa shape index (κ3) is 2.99. The summed E-state index contributed by atoms with van der Waals surface area (Å²) in [6.45, 7) is 0. The Labute approximate surface area is 138 Å². The molecule has 0 aromatic heterocycles. The number of aromatic hydroxyl groups is 3. The van der Waals surface area contributed by atoms with Crippen LogP contribution in [0, 0.1) is 0 Å². The average molecular weight is 328 g/mol. The molecule has 1 saturated heterocycles. The normalized spacial score (nSPS) is 18.6. The number of ether oxygens (including phenoxy) is 2. The summed E-state index contributed by atoms with van der Waals surface area (Å²) >= 11 is 0. The minimum absolute atomic E-state index is 0.0195. The molecule has 0 aliphatic carbocycles. The van der Waals surface area contributed by atoms with E-state index in [0.717, 1.165) is 0 Å². The van der Waals surface area contributed by atoms with Crippen LogP contribution in [0.15, 0.2) is 42.0 Å². The van der Waals surface area contributed by atoms with Crippen molar-refractivity contribution in [2.75, 3.05) is 7.11 Å². The Balaban J connectivity index is 1.85. The molecule has 1 atom stereocenters. The van der Waals surface area contributed by atoms with E-state index < -0.39 is 12.1 Å². The van der Waals surface area contributed by atoms with Crippen molar-refractivity contribution in [1.82, 2.24) is 0 Å². The van der Waals surface area contributed by atoms with Gasteiger partial charge in [0.2, 0.25) is 0 Å². The van der Waals surface area contributed by atoms with Gasteiger partial charge >= 0.3 is 5.97 Å². The zero-order valence-corrected chi connectivity index (χ0v) is 12.9. The molecule has 0 amide bonds. The first-order valence-corrected chi connectivity index (χ1v) is 7.28. The first kappa shape index (κ1) is 15.7. The van der Waals surface area contributed by atoms with Crippen LogP contribution in [-0.2, 0) is 9.53 Å². The minimum atomic E-state index is -0.519. The SMILES string of the molecule is COc1cc(C=C2CC(c3ccc(O)c(O)c3)OC2=O)ccc1O. The molecular formula is C18H16O6. The van der Waals surface area contributed by atoms with Gasteiger partial charge in [0.1, 0.15) is 6.10 Å². The molecule has 0 spiro atoms. The predicted molar refractivity (Wildman–Crippen MR) is 85.9 cm³/mol. The van der Waals surface area contributed by atoms with Gasteiger partial charge in [-0.15, -0.1) is 0 Å². The average Bonchev–Trinajstić information content (AvgIpc) is 2.92. The van der Waals surface area contributed by atoms with Crippen LogP contribution in [0.5, 0.6) is 23.0 Å². The second-order valence-electron chi connectivity index (χ2n) is 5.45. The lowest BCUT2D eigenvalue weighted by molar-refractivity contribution is -0.139. The van der Waals surface area contributed by atoms with E-state index >= 15 is 0 Å². The Hall–Kier alpha value is -3.15.